The van der Waals surface area contributed by atoms with Crippen LogP contribution in [0.25, 0.3) is 0 Å². The predicted molar refractivity (Wildman–Crippen MR) is 72.0 cm³/mol. The highest BCUT2D eigenvalue weighted by Crippen LogP contribution is 2.26. The first kappa shape index (κ1) is 12.4. The molecule has 3 heteroatoms. The van der Waals surface area contributed by atoms with E-state index in [4.69, 9.17) is 11.6 Å². The average molecular weight is 252 g/mol. The molecule has 0 heterocycles. The van der Waals surface area contributed by atoms with Gasteiger partial charge in [0.25, 0.3) is 0 Å². The maximum Gasteiger partial charge on any atom is 0.161 e. The molecule has 0 aliphatic heterocycles. The van der Waals surface area contributed by atoms with Gasteiger partial charge < -0.3 is 5.32 Å². The summed E-state index contributed by atoms with van der Waals surface area (Å²) in [4.78, 5) is 11.6. The lowest BCUT2D eigenvalue weighted by atomic mass is 9.95. The zero-order valence-electron chi connectivity index (χ0n) is 10.1. The Labute approximate surface area is 107 Å². The Hall–Kier alpha value is -1.02. The van der Waals surface area contributed by atoms with Crippen LogP contribution >= 0.6 is 11.6 Å². The predicted octanol–water partition coefficient (Wildman–Crippen LogP) is 4.29. The third kappa shape index (κ3) is 3.22. The monoisotopic (exact) mass is 251 g/mol. The number of carbonyl (C=O) groups is 1. The minimum Gasteiger partial charge on any atom is -0.382 e. The van der Waals surface area contributed by atoms with E-state index in [1.807, 2.05) is 12.1 Å². The first-order chi connectivity index (χ1) is 8.16. The molecule has 0 aromatic heterocycles. The van der Waals surface area contributed by atoms with Crippen molar-refractivity contribution in [2.24, 2.45) is 0 Å². The van der Waals surface area contributed by atoms with Crippen molar-refractivity contribution in [1.29, 1.82) is 0 Å². The van der Waals surface area contributed by atoms with E-state index in [1.54, 1.807) is 13.0 Å². The number of hydrogen-bond donors (Lipinski definition) is 1. The Kier molecular flexibility index (Phi) is 4.06. The van der Waals surface area contributed by atoms with Gasteiger partial charge in [0.15, 0.2) is 5.78 Å². The molecule has 1 aliphatic carbocycles. The SMILES string of the molecule is CC(=O)c1cc(Cl)ccc1NC1CCCCC1. The summed E-state index contributed by atoms with van der Waals surface area (Å²) in [7, 11) is 0. The van der Waals surface area contributed by atoms with Crippen LogP contribution in [0.5, 0.6) is 0 Å². The Bertz CT molecular complexity index is 411. The zero-order chi connectivity index (χ0) is 12.3. The van der Waals surface area contributed by atoms with Crippen molar-refractivity contribution in [1.82, 2.24) is 0 Å². The van der Waals surface area contributed by atoms with Crippen LogP contribution in [0, 0.1) is 0 Å². The third-order valence-electron chi connectivity index (χ3n) is 3.33. The van der Waals surface area contributed by atoms with E-state index in [1.165, 1.54) is 32.1 Å². The van der Waals surface area contributed by atoms with Gasteiger partial charge in [0, 0.05) is 22.3 Å². The standard InChI is InChI=1S/C14H18ClNO/c1-10(17)13-9-11(15)7-8-14(13)16-12-5-3-2-4-6-12/h7-9,12,16H,2-6H2,1H3. The van der Waals surface area contributed by atoms with Gasteiger partial charge in [-0.1, -0.05) is 30.9 Å². The number of halogens is 1. The Morgan fingerprint density at radius 2 is 2.00 bits per heavy atom. The smallest absolute Gasteiger partial charge is 0.161 e. The number of rotatable bonds is 3. The van der Waals surface area contributed by atoms with E-state index < -0.39 is 0 Å². The summed E-state index contributed by atoms with van der Waals surface area (Å²) >= 11 is 5.92. The number of anilines is 1. The van der Waals surface area contributed by atoms with Crippen LogP contribution in [0.3, 0.4) is 0 Å². The topological polar surface area (TPSA) is 29.1 Å². The number of Topliss-reactive ketones (excluding diaryl/α,β-unsaturated/α-hetero) is 1. The van der Waals surface area contributed by atoms with Gasteiger partial charge in [-0.25, -0.2) is 0 Å². The molecule has 0 spiro atoms. The van der Waals surface area contributed by atoms with E-state index >= 15 is 0 Å². The summed E-state index contributed by atoms with van der Waals surface area (Å²) in [5.74, 6) is 0.0609. The van der Waals surface area contributed by atoms with Crippen LogP contribution in [-0.4, -0.2) is 11.8 Å². The number of ketones is 1. The van der Waals surface area contributed by atoms with E-state index in [0.29, 0.717) is 16.6 Å². The van der Waals surface area contributed by atoms with Crippen molar-refractivity contribution in [2.75, 3.05) is 5.32 Å². The lowest BCUT2D eigenvalue weighted by Gasteiger charge is -2.24. The third-order valence-corrected chi connectivity index (χ3v) is 3.56. The van der Waals surface area contributed by atoms with Gasteiger partial charge in [-0.15, -0.1) is 0 Å². The van der Waals surface area contributed by atoms with Crippen molar-refractivity contribution in [3.05, 3.63) is 28.8 Å². The number of benzene rings is 1. The minimum atomic E-state index is 0.0609. The molecule has 0 radical (unpaired) electrons. The van der Waals surface area contributed by atoms with E-state index in [-0.39, 0.29) is 5.78 Å². The second-order valence-corrected chi connectivity index (χ2v) is 5.16. The molecule has 1 N–H and O–H groups in total. The number of carbonyl (C=O) groups excluding carboxylic acids is 1. The first-order valence-corrected chi connectivity index (χ1v) is 6.61. The van der Waals surface area contributed by atoms with Crippen LogP contribution in [0.2, 0.25) is 5.02 Å². The van der Waals surface area contributed by atoms with Gasteiger partial charge in [0.1, 0.15) is 0 Å². The van der Waals surface area contributed by atoms with Crippen molar-refractivity contribution in [3.8, 4) is 0 Å². The molecule has 0 saturated heterocycles. The Morgan fingerprint density at radius 3 is 2.65 bits per heavy atom. The second kappa shape index (κ2) is 5.54. The maximum atomic E-state index is 11.6. The molecule has 1 aromatic carbocycles. The summed E-state index contributed by atoms with van der Waals surface area (Å²) in [5.41, 5.74) is 1.62. The molecule has 2 rings (SSSR count). The van der Waals surface area contributed by atoms with Crippen molar-refractivity contribution < 1.29 is 4.79 Å². The first-order valence-electron chi connectivity index (χ1n) is 6.24. The molecule has 92 valence electrons. The van der Waals surface area contributed by atoms with E-state index in [0.717, 1.165) is 5.69 Å². The second-order valence-electron chi connectivity index (χ2n) is 4.73. The van der Waals surface area contributed by atoms with Crippen molar-refractivity contribution in [2.45, 2.75) is 45.1 Å². The van der Waals surface area contributed by atoms with Gasteiger partial charge >= 0.3 is 0 Å². The molecule has 1 aromatic rings. The van der Waals surface area contributed by atoms with Crippen LogP contribution in [0.4, 0.5) is 5.69 Å². The van der Waals surface area contributed by atoms with Crippen LogP contribution < -0.4 is 5.32 Å². The van der Waals surface area contributed by atoms with Crippen LogP contribution in [-0.2, 0) is 0 Å². The highest BCUT2D eigenvalue weighted by atomic mass is 35.5. The molecule has 0 bridgehead atoms. The van der Waals surface area contributed by atoms with Gasteiger partial charge in [0.2, 0.25) is 0 Å². The molecule has 1 aliphatic rings. The Balaban J connectivity index is 2.16. The maximum absolute atomic E-state index is 11.6. The van der Waals surface area contributed by atoms with E-state index in [9.17, 15) is 4.79 Å². The summed E-state index contributed by atoms with van der Waals surface area (Å²) in [5, 5.41) is 4.09. The Morgan fingerprint density at radius 1 is 1.29 bits per heavy atom. The summed E-state index contributed by atoms with van der Waals surface area (Å²) in [6, 6.07) is 5.99. The fourth-order valence-corrected chi connectivity index (χ4v) is 2.57. The average Bonchev–Trinajstić information content (AvgIpc) is 2.32. The van der Waals surface area contributed by atoms with Crippen LogP contribution in [0.15, 0.2) is 18.2 Å². The highest BCUT2D eigenvalue weighted by molar-refractivity contribution is 6.31. The fourth-order valence-electron chi connectivity index (χ4n) is 2.40. The zero-order valence-corrected chi connectivity index (χ0v) is 10.9. The summed E-state index contributed by atoms with van der Waals surface area (Å²) in [6.45, 7) is 1.58. The molecule has 0 unspecified atom stereocenters. The van der Waals surface area contributed by atoms with Gasteiger partial charge in [-0.2, -0.15) is 0 Å². The quantitative estimate of drug-likeness (QED) is 0.812. The molecular formula is C14H18ClNO. The number of hydrogen-bond acceptors (Lipinski definition) is 2. The molecule has 1 fully saturated rings. The van der Waals surface area contributed by atoms with E-state index in [2.05, 4.69) is 5.32 Å². The van der Waals surface area contributed by atoms with Gasteiger partial charge in [-0.3, -0.25) is 4.79 Å². The van der Waals surface area contributed by atoms with Crippen LogP contribution in [0.1, 0.15) is 49.4 Å². The molecular weight excluding hydrogens is 234 g/mol. The molecule has 0 amide bonds. The fraction of sp³-hybridized carbons (Fsp3) is 0.500. The largest absolute Gasteiger partial charge is 0.382 e. The number of nitrogens with one attached hydrogen (secondary N) is 1. The van der Waals surface area contributed by atoms with Crippen molar-refractivity contribution in [3.63, 3.8) is 0 Å². The van der Waals surface area contributed by atoms with Crippen molar-refractivity contribution >= 4 is 23.1 Å². The van der Waals surface area contributed by atoms with Gasteiger partial charge in [-0.05, 0) is 38.0 Å². The summed E-state index contributed by atoms with van der Waals surface area (Å²) < 4.78 is 0. The molecule has 17 heavy (non-hydrogen) atoms. The minimum absolute atomic E-state index is 0.0609. The molecule has 1 saturated carbocycles. The van der Waals surface area contributed by atoms with Gasteiger partial charge in [0.05, 0.1) is 0 Å². The lowest BCUT2D eigenvalue weighted by molar-refractivity contribution is 0.101. The normalized spacial score (nSPS) is 16.8. The molecule has 0 atom stereocenters. The summed E-state index contributed by atoms with van der Waals surface area (Å²) in [6.07, 6.45) is 6.28. The highest BCUT2D eigenvalue weighted by Gasteiger charge is 2.15. The molecule has 2 nitrogen and oxygen atoms in total. The lowest BCUT2D eigenvalue weighted by Crippen LogP contribution is -2.23.